The standard InChI is InChI=1S/C17H19NO2/c1-18(11-12-19-15-8-3-2-4-9-15)17-13-14-7-5-6-10-16(14)20-17/h2-10,17H,11-13H2,1H3. The first-order valence-corrected chi connectivity index (χ1v) is 6.95. The summed E-state index contributed by atoms with van der Waals surface area (Å²) in [6.07, 6.45) is 1.06. The quantitative estimate of drug-likeness (QED) is 0.833. The molecular formula is C17H19NO2. The van der Waals surface area contributed by atoms with E-state index in [1.165, 1.54) is 5.56 Å². The number of rotatable bonds is 5. The smallest absolute Gasteiger partial charge is 0.156 e. The minimum Gasteiger partial charge on any atom is -0.492 e. The summed E-state index contributed by atoms with van der Waals surface area (Å²) < 4.78 is 11.7. The Balaban J connectivity index is 1.48. The van der Waals surface area contributed by atoms with Gasteiger partial charge >= 0.3 is 0 Å². The summed E-state index contributed by atoms with van der Waals surface area (Å²) in [6, 6.07) is 18.1. The Hall–Kier alpha value is -2.00. The zero-order chi connectivity index (χ0) is 13.8. The summed E-state index contributed by atoms with van der Waals surface area (Å²) in [5.74, 6) is 1.92. The van der Waals surface area contributed by atoms with Gasteiger partial charge in [0.15, 0.2) is 6.23 Å². The molecule has 0 radical (unpaired) electrons. The van der Waals surface area contributed by atoms with Crippen molar-refractivity contribution in [2.75, 3.05) is 20.2 Å². The van der Waals surface area contributed by atoms with Gasteiger partial charge in [-0.3, -0.25) is 4.90 Å². The fourth-order valence-electron chi connectivity index (χ4n) is 2.38. The van der Waals surface area contributed by atoms with Crippen LogP contribution in [-0.2, 0) is 6.42 Å². The number of hydrogen-bond donors (Lipinski definition) is 0. The van der Waals surface area contributed by atoms with Gasteiger partial charge < -0.3 is 9.47 Å². The van der Waals surface area contributed by atoms with Crippen molar-refractivity contribution in [1.82, 2.24) is 4.90 Å². The molecule has 1 unspecified atom stereocenters. The predicted molar refractivity (Wildman–Crippen MR) is 79.1 cm³/mol. The van der Waals surface area contributed by atoms with Crippen LogP contribution in [0, 0.1) is 0 Å². The molecule has 1 aliphatic heterocycles. The maximum atomic E-state index is 5.94. The van der Waals surface area contributed by atoms with E-state index >= 15 is 0 Å². The fraction of sp³-hybridized carbons (Fsp3) is 0.294. The normalized spacial score (nSPS) is 16.8. The summed E-state index contributed by atoms with van der Waals surface area (Å²) in [4.78, 5) is 2.20. The van der Waals surface area contributed by atoms with E-state index in [1.807, 2.05) is 42.5 Å². The summed E-state index contributed by atoms with van der Waals surface area (Å²) in [7, 11) is 2.07. The maximum absolute atomic E-state index is 5.94. The van der Waals surface area contributed by atoms with E-state index in [1.54, 1.807) is 0 Å². The number of likely N-dealkylation sites (N-methyl/N-ethyl adjacent to an activating group) is 1. The van der Waals surface area contributed by atoms with Crippen molar-refractivity contribution >= 4 is 0 Å². The molecule has 0 amide bonds. The summed E-state index contributed by atoms with van der Waals surface area (Å²) in [5, 5.41) is 0. The molecule has 0 saturated heterocycles. The second-order valence-corrected chi connectivity index (χ2v) is 5.03. The highest BCUT2D eigenvalue weighted by atomic mass is 16.5. The van der Waals surface area contributed by atoms with E-state index in [4.69, 9.17) is 9.47 Å². The Labute approximate surface area is 119 Å². The zero-order valence-corrected chi connectivity index (χ0v) is 11.7. The van der Waals surface area contributed by atoms with Gasteiger partial charge in [-0.15, -0.1) is 0 Å². The van der Waals surface area contributed by atoms with Crippen molar-refractivity contribution in [3.8, 4) is 11.5 Å². The molecule has 3 rings (SSSR count). The Morgan fingerprint density at radius 2 is 1.85 bits per heavy atom. The third-order valence-electron chi connectivity index (χ3n) is 3.58. The highest BCUT2D eigenvalue weighted by Crippen LogP contribution is 2.29. The van der Waals surface area contributed by atoms with E-state index in [0.29, 0.717) is 6.61 Å². The van der Waals surface area contributed by atoms with Gasteiger partial charge in [0.25, 0.3) is 0 Å². The van der Waals surface area contributed by atoms with Crippen LogP contribution in [0.5, 0.6) is 11.5 Å². The molecule has 0 aliphatic carbocycles. The van der Waals surface area contributed by atoms with Crippen molar-refractivity contribution in [2.24, 2.45) is 0 Å². The SMILES string of the molecule is CN(CCOc1ccccc1)C1Cc2ccccc2O1. The van der Waals surface area contributed by atoms with Gasteiger partial charge in [-0.05, 0) is 30.8 Å². The Morgan fingerprint density at radius 3 is 2.65 bits per heavy atom. The predicted octanol–water partition coefficient (Wildman–Crippen LogP) is 2.96. The Kier molecular flexibility index (Phi) is 3.88. The molecule has 0 bridgehead atoms. The molecule has 1 heterocycles. The van der Waals surface area contributed by atoms with Gasteiger partial charge in [0.05, 0.1) is 0 Å². The number of ether oxygens (including phenoxy) is 2. The van der Waals surface area contributed by atoms with Crippen LogP contribution in [0.15, 0.2) is 54.6 Å². The first-order chi connectivity index (χ1) is 9.83. The summed E-state index contributed by atoms with van der Waals surface area (Å²) >= 11 is 0. The first-order valence-electron chi connectivity index (χ1n) is 6.95. The van der Waals surface area contributed by atoms with Crippen molar-refractivity contribution in [2.45, 2.75) is 12.6 Å². The van der Waals surface area contributed by atoms with E-state index < -0.39 is 0 Å². The molecule has 0 saturated carbocycles. The molecule has 2 aromatic rings. The molecule has 20 heavy (non-hydrogen) atoms. The maximum Gasteiger partial charge on any atom is 0.156 e. The van der Waals surface area contributed by atoms with Crippen LogP contribution in [0.4, 0.5) is 0 Å². The number of benzene rings is 2. The van der Waals surface area contributed by atoms with Gasteiger partial charge in [0, 0.05) is 13.0 Å². The van der Waals surface area contributed by atoms with Crippen LogP contribution in [0.1, 0.15) is 5.56 Å². The Morgan fingerprint density at radius 1 is 1.10 bits per heavy atom. The first kappa shape index (κ1) is 13.0. The molecule has 3 nitrogen and oxygen atoms in total. The largest absolute Gasteiger partial charge is 0.492 e. The van der Waals surface area contributed by atoms with Crippen molar-refractivity contribution < 1.29 is 9.47 Å². The third-order valence-corrected chi connectivity index (χ3v) is 3.58. The molecule has 1 aliphatic rings. The van der Waals surface area contributed by atoms with Gasteiger partial charge in [0.2, 0.25) is 0 Å². The number of nitrogens with zero attached hydrogens (tertiary/aromatic N) is 1. The molecule has 104 valence electrons. The van der Waals surface area contributed by atoms with Gasteiger partial charge in [-0.25, -0.2) is 0 Å². The lowest BCUT2D eigenvalue weighted by Crippen LogP contribution is -2.37. The van der Waals surface area contributed by atoms with Gasteiger partial charge in [-0.2, -0.15) is 0 Å². The van der Waals surface area contributed by atoms with Gasteiger partial charge in [-0.1, -0.05) is 36.4 Å². The van der Waals surface area contributed by atoms with Crippen molar-refractivity contribution in [3.63, 3.8) is 0 Å². The zero-order valence-electron chi connectivity index (χ0n) is 11.7. The molecule has 2 aromatic carbocycles. The Bertz CT molecular complexity index is 531. The summed E-state index contributed by atoms with van der Waals surface area (Å²) in [6.45, 7) is 1.50. The second-order valence-electron chi connectivity index (χ2n) is 5.03. The van der Waals surface area contributed by atoms with E-state index in [9.17, 15) is 0 Å². The fourth-order valence-corrected chi connectivity index (χ4v) is 2.38. The average Bonchev–Trinajstić information content (AvgIpc) is 2.92. The average molecular weight is 269 g/mol. The third kappa shape index (κ3) is 2.94. The molecule has 0 N–H and O–H groups in total. The molecular weight excluding hydrogens is 250 g/mol. The van der Waals surface area contributed by atoms with E-state index in [0.717, 1.165) is 24.5 Å². The second kappa shape index (κ2) is 5.97. The van der Waals surface area contributed by atoms with Crippen molar-refractivity contribution in [3.05, 3.63) is 60.2 Å². The van der Waals surface area contributed by atoms with Crippen LogP contribution in [0.25, 0.3) is 0 Å². The molecule has 0 aromatic heterocycles. The number of hydrogen-bond acceptors (Lipinski definition) is 3. The van der Waals surface area contributed by atoms with Crippen molar-refractivity contribution in [1.29, 1.82) is 0 Å². The van der Waals surface area contributed by atoms with Crippen LogP contribution in [0.2, 0.25) is 0 Å². The molecule has 0 fully saturated rings. The lowest BCUT2D eigenvalue weighted by molar-refractivity contribution is 0.0541. The minimum atomic E-state index is 0.117. The lowest BCUT2D eigenvalue weighted by Gasteiger charge is -2.23. The molecule has 1 atom stereocenters. The monoisotopic (exact) mass is 269 g/mol. The van der Waals surface area contributed by atoms with Gasteiger partial charge in [0.1, 0.15) is 18.1 Å². The minimum absolute atomic E-state index is 0.117. The number of fused-ring (bicyclic) bond motifs is 1. The molecule has 0 spiro atoms. The number of para-hydroxylation sites is 2. The molecule has 3 heteroatoms. The van der Waals surface area contributed by atoms with Crippen LogP contribution < -0.4 is 9.47 Å². The summed E-state index contributed by atoms with van der Waals surface area (Å²) in [5.41, 5.74) is 1.29. The lowest BCUT2D eigenvalue weighted by atomic mass is 10.1. The van der Waals surface area contributed by atoms with Crippen LogP contribution >= 0.6 is 0 Å². The highest BCUT2D eigenvalue weighted by molar-refractivity contribution is 5.37. The van der Waals surface area contributed by atoms with Crippen LogP contribution in [0.3, 0.4) is 0 Å². The highest BCUT2D eigenvalue weighted by Gasteiger charge is 2.25. The van der Waals surface area contributed by atoms with Crippen LogP contribution in [-0.4, -0.2) is 31.3 Å². The van der Waals surface area contributed by atoms with E-state index in [-0.39, 0.29) is 6.23 Å². The van der Waals surface area contributed by atoms with E-state index in [2.05, 4.69) is 24.1 Å². The topological polar surface area (TPSA) is 21.7 Å².